The Hall–Kier alpha value is -3.14. The summed E-state index contributed by atoms with van der Waals surface area (Å²) < 4.78 is 0. The van der Waals surface area contributed by atoms with Gasteiger partial charge in [-0.1, -0.05) is 78.0 Å². The standard InChI is InChI=1S/C24H23N3O/c1-28-27-22(17-12-13-17)23-20-14-15-24(16-21(20)25-26-23,18-8-4-2-5-9-18)19-10-6-3-7-11-19/h2-11,14-15,17H,12-13,16H2,1H3,(H,25,26). The second-order valence-electron chi connectivity index (χ2n) is 7.61. The number of hydrogen-bond donors (Lipinski definition) is 1. The fraction of sp³-hybridized carbons (Fsp3) is 0.250. The van der Waals surface area contributed by atoms with E-state index in [0.29, 0.717) is 5.92 Å². The summed E-state index contributed by atoms with van der Waals surface area (Å²) in [5, 5.41) is 12.2. The van der Waals surface area contributed by atoms with E-state index in [1.54, 1.807) is 7.11 Å². The van der Waals surface area contributed by atoms with Gasteiger partial charge in [0.2, 0.25) is 0 Å². The molecule has 3 aromatic rings. The lowest BCUT2D eigenvalue weighted by atomic mass is 9.68. The third kappa shape index (κ3) is 2.76. The highest BCUT2D eigenvalue weighted by Crippen LogP contribution is 2.43. The highest BCUT2D eigenvalue weighted by molar-refractivity contribution is 6.04. The Labute approximate surface area is 164 Å². The largest absolute Gasteiger partial charge is 0.399 e. The third-order valence-electron chi connectivity index (χ3n) is 5.85. The Morgan fingerprint density at radius 2 is 1.68 bits per heavy atom. The smallest absolute Gasteiger partial charge is 0.117 e. The van der Waals surface area contributed by atoms with Crippen LogP contribution < -0.4 is 0 Å². The van der Waals surface area contributed by atoms with Crippen molar-refractivity contribution in [1.29, 1.82) is 0 Å². The SMILES string of the molecule is CON=C(c1n[nH]c2c1C=CC(c1ccccc1)(c1ccccc1)C2)C1CC1. The van der Waals surface area contributed by atoms with Gasteiger partial charge < -0.3 is 4.84 Å². The molecule has 1 saturated carbocycles. The molecule has 1 fully saturated rings. The van der Waals surface area contributed by atoms with Crippen LogP contribution in [0.4, 0.5) is 0 Å². The molecule has 0 spiro atoms. The predicted octanol–water partition coefficient (Wildman–Crippen LogP) is 4.73. The first-order chi connectivity index (χ1) is 13.8. The third-order valence-corrected chi connectivity index (χ3v) is 5.85. The number of aromatic nitrogens is 2. The van der Waals surface area contributed by atoms with Crippen molar-refractivity contribution in [2.24, 2.45) is 11.1 Å². The number of allylic oxidation sites excluding steroid dienone is 1. The molecule has 0 unspecified atom stereocenters. The normalized spacial score (nSPS) is 18.0. The highest BCUT2D eigenvalue weighted by Gasteiger charge is 2.38. The molecule has 0 amide bonds. The summed E-state index contributed by atoms with van der Waals surface area (Å²) in [6, 6.07) is 21.4. The number of hydrogen-bond acceptors (Lipinski definition) is 3. The molecule has 1 N–H and O–H groups in total. The Balaban J connectivity index is 1.62. The van der Waals surface area contributed by atoms with Crippen LogP contribution in [0.2, 0.25) is 0 Å². The summed E-state index contributed by atoms with van der Waals surface area (Å²) in [4.78, 5) is 5.11. The van der Waals surface area contributed by atoms with Crippen LogP contribution in [-0.4, -0.2) is 23.0 Å². The first-order valence-electron chi connectivity index (χ1n) is 9.81. The van der Waals surface area contributed by atoms with Crippen LogP contribution in [0.1, 0.15) is 40.9 Å². The fourth-order valence-corrected chi connectivity index (χ4v) is 4.26. The van der Waals surface area contributed by atoms with Gasteiger partial charge in [-0.15, -0.1) is 0 Å². The zero-order valence-corrected chi connectivity index (χ0v) is 15.9. The van der Waals surface area contributed by atoms with E-state index in [4.69, 9.17) is 4.84 Å². The van der Waals surface area contributed by atoms with Crippen LogP contribution in [0.25, 0.3) is 6.08 Å². The van der Waals surface area contributed by atoms with Crippen molar-refractivity contribution in [3.05, 3.63) is 94.8 Å². The number of H-pyrrole nitrogens is 1. The quantitative estimate of drug-likeness (QED) is 0.522. The van der Waals surface area contributed by atoms with Gasteiger partial charge in [0, 0.05) is 29.0 Å². The monoisotopic (exact) mass is 369 g/mol. The zero-order valence-electron chi connectivity index (χ0n) is 15.9. The van der Waals surface area contributed by atoms with E-state index >= 15 is 0 Å². The Bertz CT molecular complexity index is 991. The second-order valence-corrected chi connectivity index (χ2v) is 7.61. The van der Waals surface area contributed by atoms with E-state index in [2.05, 4.69) is 88.2 Å². The number of fused-ring (bicyclic) bond motifs is 1. The van der Waals surface area contributed by atoms with Gasteiger partial charge in [0.05, 0.1) is 0 Å². The number of nitrogens with zero attached hydrogens (tertiary/aromatic N) is 2. The number of nitrogens with one attached hydrogen (secondary N) is 1. The Morgan fingerprint density at radius 3 is 2.25 bits per heavy atom. The summed E-state index contributed by atoms with van der Waals surface area (Å²) >= 11 is 0. The van der Waals surface area contributed by atoms with E-state index in [1.807, 2.05) is 0 Å². The van der Waals surface area contributed by atoms with Gasteiger partial charge in [-0.05, 0) is 24.0 Å². The average Bonchev–Trinajstić information content (AvgIpc) is 3.52. The van der Waals surface area contributed by atoms with Gasteiger partial charge in [0.1, 0.15) is 18.5 Å². The van der Waals surface area contributed by atoms with E-state index in [-0.39, 0.29) is 5.41 Å². The summed E-state index contributed by atoms with van der Waals surface area (Å²) in [5.41, 5.74) is 6.55. The summed E-state index contributed by atoms with van der Waals surface area (Å²) in [6.45, 7) is 0. The van der Waals surface area contributed by atoms with Gasteiger partial charge >= 0.3 is 0 Å². The molecule has 1 aromatic heterocycles. The van der Waals surface area contributed by atoms with Crippen molar-refractivity contribution in [1.82, 2.24) is 10.2 Å². The molecule has 2 aliphatic rings. The van der Waals surface area contributed by atoms with Crippen LogP contribution in [0.15, 0.2) is 71.9 Å². The van der Waals surface area contributed by atoms with Crippen LogP contribution in [0, 0.1) is 5.92 Å². The lowest BCUT2D eigenvalue weighted by molar-refractivity contribution is 0.212. The van der Waals surface area contributed by atoms with Crippen molar-refractivity contribution in [3.8, 4) is 0 Å². The lowest BCUT2D eigenvalue weighted by Gasteiger charge is -2.34. The second kappa shape index (κ2) is 6.79. The predicted molar refractivity (Wildman–Crippen MR) is 111 cm³/mol. The van der Waals surface area contributed by atoms with E-state index in [9.17, 15) is 0 Å². The topological polar surface area (TPSA) is 50.3 Å². The first-order valence-corrected chi connectivity index (χ1v) is 9.81. The number of benzene rings is 2. The molecule has 1 heterocycles. The van der Waals surface area contributed by atoms with Crippen molar-refractivity contribution in [3.63, 3.8) is 0 Å². The number of rotatable bonds is 5. The molecule has 0 aliphatic heterocycles. The molecule has 28 heavy (non-hydrogen) atoms. The van der Waals surface area contributed by atoms with Gasteiger partial charge in [-0.2, -0.15) is 5.10 Å². The Kier molecular flexibility index (Phi) is 4.12. The van der Waals surface area contributed by atoms with Gasteiger partial charge in [0.25, 0.3) is 0 Å². The average molecular weight is 369 g/mol. The van der Waals surface area contributed by atoms with Crippen molar-refractivity contribution in [2.75, 3.05) is 7.11 Å². The van der Waals surface area contributed by atoms with E-state index in [0.717, 1.165) is 41.9 Å². The molecule has 4 nitrogen and oxygen atoms in total. The Morgan fingerprint density at radius 1 is 1.04 bits per heavy atom. The lowest BCUT2D eigenvalue weighted by Crippen LogP contribution is -2.30. The molecule has 140 valence electrons. The molecular formula is C24H23N3O. The van der Waals surface area contributed by atoms with Crippen LogP contribution in [0.3, 0.4) is 0 Å². The van der Waals surface area contributed by atoms with Gasteiger partial charge in [-0.3, -0.25) is 5.10 Å². The molecular weight excluding hydrogens is 346 g/mol. The summed E-state index contributed by atoms with van der Waals surface area (Å²) in [6.07, 6.45) is 7.70. The number of oxime groups is 1. The van der Waals surface area contributed by atoms with Crippen molar-refractivity contribution >= 4 is 11.8 Å². The first kappa shape index (κ1) is 17.0. The molecule has 0 atom stereocenters. The van der Waals surface area contributed by atoms with Crippen LogP contribution in [-0.2, 0) is 16.7 Å². The molecule has 0 bridgehead atoms. The molecule has 2 aromatic carbocycles. The number of aromatic amines is 1. The molecule has 2 aliphatic carbocycles. The minimum Gasteiger partial charge on any atom is -0.399 e. The molecule has 4 heteroatoms. The maximum absolute atomic E-state index is 5.11. The van der Waals surface area contributed by atoms with Crippen molar-refractivity contribution < 1.29 is 4.84 Å². The van der Waals surface area contributed by atoms with Gasteiger partial charge in [0.15, 0.2) is 0 Å². The van der Waals surface area contributed by atoms with E-state index in [1.165, 1.54) is 11.1 Å². The molecule has 5 rings (SSSR count). The minimum absolute atomic E-state index is 0.211. The van der Waals surface area contributed by atoms with E-state index < -0.39 is 0 Å². The zero-order chi connectivity index (χ0) is 19.0. The van der Waals surface area contributed by atoms with Crippen molar-refractivity contribution in [2.45, 2.75) is 24.7 Å². The highest BCUT2D eigenvalue weighted by atomic mass is 16.6. The summed E-state index contributed by atoms with van der Waals surface area (Å²) in [7, 11) is 1.60. The van der Waals surface area contributed by atoms with Crippen LogP contribution >= 0.6 is 0 Å². The molecule has 0 saturated heterocycles. The van der Waals surface area contributed by atoms with Crippen LogP contribution in [0.5, 0.6) is 0 Å². The maximum Gasteiger partial charge on any atom is 0.117 e. The summed E-state index contributed by atoms with van der Waals surface area (Å²) in [5.74, 6) is 0.468. The molecule has 0 radical (unpaired) electrons. The van der Waals surface area contributed by atoms with Gasteiger partial charge in [-0.25, -0.2) is 0 Å². The minimum atomic E-state index is -0.211. The maximum atomic E-state index is 5.11. The fourth-order valence-electron chi connectivity index (χ4n) is 4.26.